The molecule has 3 aromatic rings. The first-order chi connectivity index (χ1) is 13.7. The molecule has 1 aromatic heterocycles. The molecule has 1 aliphatic rings. The second-order valence-corrected chi connectivity index (χ2v) is 7.17. The zero-order chi connectivity index (χ0) is 19.3. The lowest BCUT2D eigenvalue weighted by atomic mass is 10.1. The van der Waals surface area contributed by atoms with Gasteiger partial charge in [-0.1, -0.05) is 29.8 Å². The van der Waals surface area contributed by atoms with Gasteiger partial charge in [-0.2, -0.15) is 0 Å². The van der Waals surface area contributed by atoms with Gasteiger partial charge in [-0.05, 0) is 50.5 Å². The molecule has 1 N–H and O–H groups in total. The number of rotatable bonds is 4. The number of nitrogens with zero attached hydrogens (tertiary/aromatic N) is 3. The Morgan fingerprint density at radius 1 is 0.893 bits per heavy atom. The molecule has 0 atom stereocenters. The van der Waals surface area contributed by atoms with Gasteiger partial charge in [-0.25, -0.2) is 4.98 Å². The molecule has 0 bridgehead atoms. The summed E-state index contributed by atoms with van der Waals surface area (Å²) in [6, 6.07) is 15.4. The molecule has 28 heavy (non-hydrogen) atoms. The summed E-state index contributed by atoms with van der Waals surface area (Å²) in [7, 11) is 0. The molecule has 1 amide bonds. The molecule has 1 fully saturated rings. The van der Waals surface area contributed by atoms with E-state index in [-0.39, 0.29) is 5.91 Å². The van der Waals surface area contributed by atoms with Crippen LogP contribution >= 0.6 is 0 Å². The lowest BCUT2D eigenvalue weighted by Crippen LogP contribution is -2.30. The molecule has 5 nitrogen and oxygen atoms in total. The van der Waals surface area contributed by atoms with E-state index in [1.54, 1.807) is 12.4 Å². The van der Waals surface area contributed by atoms with Crippen LogP contribution in [0.2, 0.25) is 0 Å². The number of hydrogen-bond acceptors (Lipinski definition) is 4. The Labute approximate surface area is 165 Å². The highest BCUT2D eigenvalue weighted by Crippen LogP contribution is 2.28. The monoisotopic (exact) mass is 372 g/mol. The lowest BCUT2D eigenvalue weighted by molar-refractivity contribution is 0.102. The highest BCUT2D eigenvalue weighted by Gasteiger charge is 2.18. The Bertz CT molecular complexity index is 945. The summed E-state index contributed by atoms with van der Waals surface area (Å²) in [5, 5.41) is 2.93. The van der Waals surface area contributed by atoms with Crippen LogP contribution in [0.15, 0.2) is 60.9 Å². The van der Waals surface area contributed by atoms with E-state index < -0.39 is 0 Å². The number of amides is 1. The summed E-state index contributed by atoms with van der Waals surface area (Å²) in [6.45, 7) is 4.06. The minimum Gasteiger partial charge on any atom is -0.355 e. The summed E-state index contributed by atoms with van der Waals surface area (Å²) in [5.41, 5.74) is 4.42. The molecular weight excluding hydrogens is 348 g/mol. The van der Waals surface area contributed by atoms with E-state index in [2.05, 4.69) is 20.2 Å². The van der Waals surface area contributed by atoms with Crippen molar-refractivity contribution in [1.29, 1.82) is 0 Å². The van der Waals surface area contributed by atoms with Crippen molar-refractivity contribution in [2.75, 3.05) is 23.3 Å². The standard InChI is InChI=1S/C23H24N4O/c1-17-5-11-20(12-6-17)26-23(28)19-9-7-18(8-10-19)21-22(25-14-13-24-21)27-15-3-2-4-16-27/h5-14H,2-4,15-16H2,1H3,(H,26,28). The van der Waals surface area contributed by atoms with Gasteiger partial charge in [0.2, 0.25) is 0 Å². The van der Waals surface area contributed by atoms with Crippen molar-refractivity contribution in [3.05, 3.63) is 72.1 Å². The quantitative estimate of drug-likeness (QED) is 0.721. The third kappa shape index (κ3) is 4.03. The third-order valence-electron chi connectivity index (χ3n) is 5.06. The highest BCUT2D eigenvalue weighted by molar-refractivity contribution is 6.04. The van der Waals surface area contributed by atoms with Crippen LogP contribution in [0.4, 0.5) is 11.5 Å². The number of hydrogen-bond donors (Lipinski definition) is 1. The lowest BCUT2D eigenvalue weighted by Gasteiger charge is -2.28. The van der Waals surface area contributed by atoms with Gasteiger partial charge in [0.1, 0.15) is 5.69 Å². The Hall–Kier alpha value is -3.21. The molecule has 1 aliphatic heterocycles. The molecule has 4 rings (SSSR count). The number of carbonyl (C=O) groups excluding carboxylic acids is 1. The maximum Gasteiger partial charge on any atom is 0.255 e. The number of nitrogens with one attached hydrogen (secondary N) is 1. The maximum atomic E-state index is 12.5. The first-order valence-electron chi connectivity index (χ1n) is 9.75. The Morgan fingerprint density at radius 3 is 2.29 bits per heavy atom. The van der Waals surface area contributed by atoms with E-state index in [1.807, 2.05) is 55.5 Å². The molecule has 0 radical (unpaired) electrons. The van der Waals surface area contributed by atoms with E-state index in [1.165, 1.54) is 19.3 Å². The van der Waals surface area contributed by atoms with Crippen molar-refractivity contribution in [3.63, 3.8) is 0 Å². The topological polar surface area (TPSA) is 58.1 Å². The van der Waals surface area contributed by atoms with Gasteiger partial charge in [0.25, 0.3) is 5.91 Å². The fourth-order valence-corrected chi connectivity index (χ4v) is 3.49. The molecule has 2 heterocycles. The van der Waals surface area contributed by atoms with Crippen molar-refractivity contribution >= 4 is 17.4 Å². The van der Waals surface area contributed by atoms with E-state index in [4.69, 9.17) is 0 Å². The number of benzene rings is 2. The molecule has 2 aromatic carbocycles. The van der Waals surface area contributed by atoms with Gasteiger partial charge >= 0.3 is 0 Å². The fraction of sp³-hybridized carbons (Fsp3) is 0.261. The molecule has 0 spiro atoms. The Morgan fingerprint density at radius 2 is 1.57 bits per heavy atom. The summed E-state index contributed by atoms with van der Waals surface area (Å²) >= 11 is 0. The predicted octanol–water partition coefficient (Wildman–Crippen LogP) is 4.69. The van der Waals surface area contributed by atoms with Gasteiger partial charge < -0.3 is 10.2 Å². The second-order valence-electron chi connectivity index (χ2n) is 7.17. The van der Waals surface area contributed by atoms with Crippen molar-refractivity contribution < 1.29 is 4.79 Å². The molecule has 0 saturated carbocycles. The van der Waals surface area contributed by atoms with Gasteiger partial charge in [0, 0.05) is 42.3 Å². The minimum absolute atomic E-state index is 0.120. The number of piperidine rings is 1. The molecule has 5 heteroatoms. The summed E-state index contributed by atoms with van der Waals surface area (Å²) in [5.74, 6) is 0.810. The Kier molecular flexibility index (Phi) is 5.33. The molecule has 0 unspecified atom stereocenters. The molecular formula is C23H24N4O. The summed E-state index contributed by atoms with van der Waals surface area (Å²) < 4.78 is 0. The van der Waals surface area contributed by atoms with Crippen LogP contribution in [-0.2, 0) is 0 Å². The molecule has 0 aliphatic carbocycles. The molecule has 142 valence electrons. The van der Waals surface area contributed by atoms with E-state index in [0.717, 1.165) is 41.4 Å². The van der Waals surface area contributed by atoms with Gasteiger partial charge in [0.15, 0.2) is 5.82 Å². The average Bonchev–Trinajstić information content (AvgIpc) is 2.76. The van der Waals surface area contributed by atoms with Gasteiger partial charge in [-0.3, -0.25) is 9.78 Å². The van der Waals surface area contributed by atoms with Crippen molar-refractivity contribution in [1.82, 2.24) is 9.97 Å². The smallest absolute Gasteiger partial charge is 0.255 e. The van der Waals surface area contributed by atoms with Crippen LogP contribution in [0, 0.1) is 6.92 Å². The second kappa shape index (κ2) is 8.21. The minimum atomic E-state index is -0.120. The SMILES string of the molecule is Cc1ccc(NC(=O)c2ccc(-c3nccnc3N3CCCCC3)cc2)cc1. The first-order valence-corrected chi connectivity index (χ1v) is 9.75. The maximum absolute atomic E-state index is 12.5. The predicted molar refractivity (Wildman–Crippen MR) is 113 cm³/mol. The summed E-state index contributed by atoms with van der Waals surface area (Å²) in [6.07, 6.45) is 7.12. The highest BCUT2D eigenvalue weighted by atomic mass is 16.1. The van der Waals surface area contributed by atoms with E-state index in [9.17, 15) is 4.79 Å². The fourth-order valence-electron chi connectivity index (χ4n) is 3.49. The number of carbonyl (C=O) groups is 1. The van der Waals surface area contributed by atoms with E-state index >= 15 is 0 Å². The van der Waals surface area contributed by atoms with Crippen molar-refractivity contribution in [3.8, 4) is 11.3 Å². The van der Waals surface area contributed by atoms with Crippen LogP contribution in [0.3, 0.4) is 0 Å². The number of aromatic nitrogens is 2. The number of aryl methyl sites for hydroxylation is 1. The van der Waals surface area contributed by atoms with Crippen LogP contribution in [0.5, 0.6) is 0 Å². The first kappa shape index (κ1) is 18.2. The van der Waals surface area contributed by atoms with E-state index in [0.29, 0.717) is 5.56 Å². The third-order valence-corrected chi connectivity index (χ3v) is 5.06. The van der Waals surface area contributed by atoms with Crippen LogP contribution in [0.1, 0.15) is 35.2 Å². The normalized spacial score (nSPS) is 14.0. The van der Waals surface area contributed by atoms with Gasteiger partial charge in [-0.15, -0.1) is 0 Å². The zero-order valence-electron chi connectivity index (χ0n) is 16.1. The van der Waals surface area contributed by atoms with Gasteiger partial charge in [0.05, 0.1) is 0 Å². The zero-order valence-corrected chi connectivity index (χ0v) is 16.1. The largest absolute Gasteiger partial charge is 0.355 e. The van der Waals surface area contributed by atoms with Crippen LogP contribution in [-0.4, -0.2) is 29.0 Å². The van der Waals surface area contributed by atoms with Crippen LogP contribution in [0.25, 0.3) is 11.3 Å². The van der Waals surface area contributed by atoms with Crippen molar-refractivity contribution in [2.24, 2.45) is 0 Å². The van der Waals surface area contributed by atoms with Crippen LogP contribution < -0.4 is 10.2 Å². The van der Waals surface area contributed by atoms with Crippen molar-refractivity contribution in [2.45, 2.75) is 26.2 Å². The summed E-state index contributed by atoms with van der Waals surface area (Å²) in [4.78, 5) is 24.0. The Balaban J connectivity index is 1.53. The number of anilines is 2. The molecule has 1 saturated heterocycles. The average molecular weight is 372 g/mol.